The molecule has 1 fully saturated rings. The van der Waals surface area contributed by atoms with Gasteiger partial charge in [0.05, 0.1) is 13.4 Å². The predicted octanol–water partition coefficient (Wildman–Crippen LogP) is 5.52. The van der Waals surface area contributed by atoms with Crippen molar-refractivity contribution in [3.05, 3.63) is 36.5 Å². The molecule has 0 spiro atoms. The lowest BCUT2D eigenvalue weighted by molar-refractivity contribution is -0.144. The van der Waals surface area contributed by atoms with Crippen LogP contribution in [0.4, 0.5) is 0 Å². The van der Waals surface area contributed by atoms with Gasteiger partial charge in [-0.2, -0.15) is 0 Å². The van der Waals surface area contributed by atoms with Gasteiger partial charge in [0.2, 0.25) is 0 Å². The fourth-order valence-electron chi connectivity index (χ4n) is 2.11. The van der Waals surface area contributed by atoms with Crippen molar-refractivity contribution >= 4 is 5.97 Å². The van der Waals surface area contributed by atoms with Gasteiger partial charge in [-0.3, -0.25) is 4.79 Å². The number of carbonyl (C=O) groups is 1. The molecule has 136 valence electrons. The molecule has 1 atom stereocenters. The van der Waals surface area contributed by atoms with Gasteiger partial charge in [-0.1, -0.05) is 62.6 Å². The molecule has 24 heavy (non-hydrogen) atoms. The summed E-state index contributed by atoms with van der Waals surface area (Å²) in [6.45, 7) is -3.12. The topological polar surface area (TPSA) is 38.8 Å². The zero-order chi connectivity index (χ0) is 21.8. The first-order valence-electron chi connectivity index (χ1n) is 11.5. The highest BCUT2D eigenvalue weighted by Crippen LogP contribution is 2.11. The van der Waals surface area contributed by atoms with Crippen LogP contribution in [0.2, 0.25) is 0 Å². The Balaban J connectivity index is 2.00. The number of allylic oxidation sites excluding steroid dienone is 6. The van der Waals surface area contributed by atoms with Gasteiger partial charge in [0, 0.05) is 6.42 Å². The molecule has 1 heterocycles. The number of unbranched alkanes of at least 4 members (excludes halogenated alkanes) is 5. The van der Waals surface area contributed by atoms with Gasteiger partial charge in [-0.05, 0) is 38.5 Å². The summed E-state index contributed by atoms with van der Waals surface area (Å²) in [6.07, 6.45) is 19.3. The zero-order valence-electron chi connectivity index (χ0n) is 19.8. The molecular formula is C21H34O3. The van der Waals surface area contributed by atoms with Crippen LogP contribution >= 0.6 is 0 Å². The third-order valence-electron chi connectivity index (χ3n) is 3.49. The molecule has 0 aromatic carbocycles. The quantitative estimate of drug-likeness (QED) is 0.171. The summed E-state index contributed by atoms with van der Waals surface area (Å²) < 4.78 is 46.3. The third kappa shape index (κ3) is 14.3. The number of hydrogen-bond donors (Lipinski definition) is 0. The van der Waals surface area contributed by atoms with Gasteiger partial charge < -0.3 is 9.47 Å². The molecule has 1 aliphatic rings. The monoisotopic (exact) mass is 339 g/mol. The Morgan fingerprint density at radius 3 is 2.46 bits per heavy atom. The summed E-state index contributed by atoms with van der Waals surface area (Å²) in [6, 6.07) is 0. The highest BCUT2D eigenvalue weighted by Gasteiger charge is 2.23. The summed E-state index contributed by atoms with van der Waals surface area (Å²) in [7, 11) is 0. The Kier molecular flexibility index (Phi) is 8.79. The molecule has 1 saturated heterocycles. The molecule has 0 aromatic rings. The lowest BCUT2D eigenvalue weighted by Gasteiger charge is -2.02. The second-order valence-corrected chi connectivity index (χ2v) is 5.71. The second kappa shape index (κ2) is 15.2. The number of rotatable bonds is 15. The van der Waals surface area contributed by atoms with Crippen molar-refractivity contribution in [2.24, 2.45) is 0 Å². The van der Waals surface area contributed by atoms with Crippen LogP contribution in [0.15, 0.2) is 36.5 Å². The van der Waals surface area contributed by atoms with Gasteiger partial charge in [0.15, 0.2) is 0 Å². The van der Waals surface area contributed by atoms with Crippen LogP contribution < -0.4 is 0 Å². The summed E-state index contributed by atoms with van der Waals surface area (Å²) in [4.78, 5) is 11.7. The van der Waals surface area contributed by atoms with Crippen molar-refractivity contribution in [1.82, 2.24) is 0 Å². The number of ether oxygens (including phenoxy) is 2. The predicted molar refractivity (Wildman–Crippen MR) is 100.0 cm³/mol. The van der Waals surface area contributed by atoms with Crippen molar-refractivity contribution < 1.29 is 21.1 Å². The fourth-order valence-corrected chi connectivity index (χ4v) is 2.11. The van der Waals surface area contributed by atoms with Crippen LogP contribution in [-0.4, -0.2) is 25.2 Å². The van der Waals surface area contributed by atoms with E-state index in [2.05, 4.69) is 52.9 Å². The first-order valence-corrected chi connectivity index (χ1v) is 9.03. The van der Waals surface area contributed by atoms with Gasteiger partial charge in [-0.15, -0.1) is 0 Å². The Morgan fingerprint density at radius 2 is 1.75 bits per heavy atom. The Bertz CT molecular complexity index is 587. The van der Waals surface area contributed by atoms with E-state index in [1.165, 1.54) is 0 Å². The Morgan fingerprint density at radius 1 is 1.12 bits per heavy atom. The molecule has 3 nitrogen and oxygen atoms in total. The molecule has 0 N–H and O–H groups in total. The summed E-state index contributed by atoms with van der Waals surface area (Å²) >= 11 is 0. The lowest BCUT2D eigenvalue weighted by atomic mass is 10.1. The second-order valence-electron chi connectivity index (χ2n) is 5.71. The van der Waals surface area contributed by atoms with Crippen LogP contribution in [-0.2, 0) is 14.3 Å². The summed E-state index contributed by atoms with van der Waals surface area (Å²) in [5.74, 6) is -0.769. The van der Waals surface area contributed by atoms with Gasteiger partial charge in [0.1, 0.15) is 12.6 Å². The zero-order valence-corrected chi connectivity index (χ0v) is 14.8. The maximum absolute atomic E-state index is 11.7. The fraction of sp³-hybridized carbons (Fsp3) is 0.667. The van der Waals surface area contributed by atoms with Crippen molar-refractivity contribution in [2.75, 3.05) is 13.1 Å². The van der Waals surface area contributed by atoms with Gasteiger partial charge in [0.25, 0.3) is 0 Å². The third-order valence-corrected chi connectivity index (χ3v) is 3.49. The average molecular weight is 340 g/mol. The van der Waals surface area contributed by atoms with Crippen LogP contribution in [0.5, 0.6) is 0 Å². The molecular weight excluding hydrogens is 300 g/mol. The standard InChI is InChI=1S/C21H34O3/c1-2-3-4-5-6-7-8-9-10-11-12-13-14-15-16-17-21(22)24-19-20-18-23-20/h3-4,6-7,9-10,20H,2,5,8,11-19H2,1H3/b4-3+,7-6+,10-9+/i18D2,19D2,20D. The van der Waals surface area contributed by atoms with Crippen molar-refractivity contribution in [3.8, 4) is 0 Å². The molecule has 0 aromatic heterocycles. The maximum Gasteiger partial charge on any atom is 0.305 e. The minimum absolute atomic E-state index is 0.0538. The van der Waals surface area contributed by atoms with E-state index in [4.69, 9.17) is 6.85 Å². The Hall–Kier alpha value is -1.35. The van der Waals surface area contributed by atoms with Gasteiger partial charge in [-0.25, -0.2) is 0 Å². The van der Waals surface area contributed by atoms with E-state index in [0.29, 0.717) is 6.42 Å². The van der Waals surface area contributed by atoms with Crippen molar-refractivity contribution in [3.63, 3.8) is 0 Å². The van der Waals surface area contributed by atoms with E-state index >= 15 is 0 Å². The maximum atomic E-state index is 11.7. The summed E-state index contributed by atoms with van der Waals surface area (Å²) in [5.41, 5.74) is 0. The molecule has 0 aliphatic carbocycles. The van der Waals surface area contributed by atoms with E-state index in [1.807, 2.05) is 0 Å². The highest BCUT2D eigenvalue weighted by molar-refractivity contribution is 5.69. The summed E-state index contributed by atoms with van der Waals surface area (Å²) in [5, 5.41) is 0. The van der Waals surface area contributed by atoms with E-state index in [1.54, 1.807) is 0 Å². The Labute approximate surface area is 154 Å². The SMILES string of the molecule is [2H]C([2H])(OC(=O)CCCCCCC/C=C/C/C=C/C/C=C/CC)C1([2H])OC1([2H])[2H]. The smallest absolute Gasteiger partial charge is 0.305 e. The largest absolute Gasteiger partial charge is 0.463 e. The molecule has 1 rings (SSSR count). The number of carbonyl (C=O) groups excluding carboxylic acids is 1. The van der Waals surface area contributed by atoms with Crippen LogP contribution in [0, 0.1) is 0 Å². The van der Waals surface area contributed by atoms with Crippen LogP contribution in [0.3, 0.4) is 0 Å². The number of epoxide rings is 1. The molecule has 3 heteroatoms. The van der Waals surface area contributed by atoms with E-state index in [0.717, 1.165) is 51.4 Å². The molecule has 0 amide bonds. The van der Waals surface area contributed by atoms with Crippen LogP contribution in [0.1, 0.15) is 78.0 Å². The molecule has 0 radical (unpaired) electrons. The highest BCUT2D eigenvalue weighted by atomic mass is 16.6. The number of hydrogen-bond acceptors (Lipinski definition) is 3. The van der Waals surface area contributed by atoms with Crippen LogP contribution in [0.25, 0.3) is 0 Å². The molecule has 0 bridgehead atoms. The first kappa shape index (κ1) is 13.9. The minimum atomic E-state index is -2.80. The van der Waals surface area contributed by atoms with E-state index in [-0.39, 0.29) is 6.42 Å². The first-order chi connectivity index (χ1) is 13.7. The molecule has 0 saturated carbocycles. The normalized spacial score (nSPS) is 26.1. The van der Waals surface area contributed by atoms with E-state index < -0.39 is 25.2 Å². The van der Waals surface area contributed by atoms with Crippen molar-refractivity contribution in [2.45, 2.75) is 77.2 Å². The van der Waals surface area contributed by atoms with Gasteiger partial charge >= 0.3 is 5.97 Å². The van der Waals surface area contributed by atoms with Crippen molar-refractivity contribution in [1.29, 1.82) is 0 Å². The number of esters is 1. The molecule has 1 unspecified atom stereocenters. The average Bonchev–Trinajstić information content (AvgIpc) is 3.18. The minimum Gasteiger partial charge on any atom is -0.463 e. The van der Waals surface area contributed by atoms with E-state index in [9.17, 15) is 4.79 Å². The molecule has 1 aliphatic heterocycles. The lowest BCUT2D eigenvalue weighted by Crippen LogP contribution is -2.09.